The number of hydrogen-bond donors (Lipinski definition) is 0. The van der Waals surface area contributed by atoms with Crippen LogP contribution in [0.25, 0.3) is 22.6 Å². The second kappa shape index (κ2) is 4.37. The molecule has 0 radical (unpaired) electrons. The van der Waals surface area contributed by atoms with E-state index in [-0.39, 0.29) is 5.63 Å². The molecule has 0 saturated heterocycles. The van der Waals surface area contributed by atoms with E-state index in [4.69, 9.17) is 8.83 Å². The lowest BCUT2D eigenvalue weighted by molar-refractivity contribution is 0.524. The van der Waals surface area contributed by atoms with E-state index in [9.17, 15) is 4.79 Å². The Labute approximate surface area is 103 Å². The Morgan fingerprint density at radius 1 is 0.778 bits per heavy atom. The zero-order chi connectivity index (χ0) is 12.4. The quantitative estimate of drug-likeness (QED) is 0.685. The lowest BCUT2D eigenvalue weighted by Crippen LogP contribution is -1.98. The van der Waals surface area contributed by atoms with Crippen molar-refractivity contribution in [1.29, 1.82) is 0 Å². The Balaban J connectivity index is 2.15. The summed E-state index contributed by atoms with van der Waals surface area (Å²) in [6.45, 7) is 0. The summed E-state index contributed by atoms with van der Waals surface area (Å²) in [5.74, 6) is 1.19. The molecule has 0 saturated carbocycles. The summed E-state index contributed by atoms with van der Waals surface area (Å²) >= 11 is 0. The van der Waals surface area contributed by atoms with Crippen molar-refractivity contribution in [3.8, 4) is 22.6 Å². The van der Waals surface area contributed by atoms with Crippen LogP contribution in [-0.4, -0.2) is 0 Å². The maximum atomic E-state index is 11.6. The Bertz CT molecular complexity index is 694. The van der Waals surface area contributed by atoms with Gasteiger partial charge in [-0.2, -0.15) is 0 Å². The Hall–Kier alpha value is -2.55. The van der Waals surface area contributed by atoms with Crippen LogP contribution in [0.2, 0.25) is 0 Å². The predicted molar refractivity (Wildman–Crippen MR) is 68.1 cm³/mol. The average Bonchev–Trinajstić information content (AvgIpc) is 2.93. The largest absolute Gasteiger partial charge is 0.464 e. The fraction of sp³-hybridized carbons (Fsp3) is 0. The number of benzene rings is 1. The fourth-order valence-electron chi connectivity index (χ4n) is 1.81. The highest BCUT2D eigenvalue weighted by atomic mass is 16.4. The van der Waals surface area contributed by atoms with E-state index in [1.165, 1.54) is 6.07 Å². The first kappa shape index (κ1) is 10.6. The van der Waals surface area contributed by atoms with Crippen LogP contribution < -0.4 is 5.63 Å². The summed E-state index contributed by atoms with van der Waals surface area (Å²) in [4.78, 5) is 11.6. The van der Waals surface area contributed by atoms with E-state index in [0.29, 0.717) is 11.5 Å². The average molecular weight is 238 g/mol. The van der Waals surface area contributed by atoms with E-state index < -0.39 is 0 Å². The van der Waals surface area contributed by atoms with Gasteiger partial charge in [-0.3, -0.25) is 0 Å². The third-order valence-electron chi connectivity index (χ3n) is 2.63. The summed E-state index contributed by atoms with van der Waals surface area (Å²) < 4.78 is 10.5. The van der Waals surface area contributed by atoms with Gasteiger partial charge in [0.15, 0.2) is 0 Å². The van der Waals surface area contributed by atoms with E-state index in [1.54, 1.807) is 18.4 Å². The zero-order valence-electron chi connectivity index (χ0n) is 9.50. The number of rotatable bonds is 2. The van der Waals surface area contributed by atoms with Crippen LogP contribution in [0.4, 0.5) is 0 Å². The highest BCUT2D eigenvalue weighted by Crippen LogP contribution is 2.24. The van der Waals surface area contributed by atoms with Crippen LogP contribution in [-0.2, 0) is 0 Å². The van der Waals surface area contributed by atoms with Crippen molar-refractivity contribution >= 4 is 0 Å². The standard InChI is InChI=1S/C15H10O3/c16-15-10-12(13-7-4-8-17-13)9-14(18-15)11-5-2-1-3-6-11/h1-10H. The molecule has 88 valence electrons. The molecule has 2 heterocycles. The molecule has 0 bridgehead atoms. The molecule has 18 heavy (non-hydrogen) atoms. The van der Waals surface area contributed by atoms with Gasteiger partial charge < -0.3 is 8.83 Å². The van der Waals surface area contributed by atoms with Crippen molar-refractivity contribution in [3.05, 3.63) is 71.3 Å². The van der Waals surface area contributed by atoms with E-state index >= 15 is 0 Å². The van der Waals surface area contributed by atoms with Gasteiger partial charge in [-0.1, -0.05) is 30.3 Å². The number of furan rings is 1. The smallest absolute Gasteiger partial charge is 0.336 e. The number of hydrogen-bond acceptors (Lipinski definition) is 3. The molecule has 0 N–H and O–H groups in total. The maximum absolute atomic E-state index is 11.6. The molecule has 0 atom stereocenters. The van der Waals surface area contributed by atoms with E-state index in [1.807, 2.05) is 36.4 Å². The van der Waals surface area contributed by atoms with E-state index in [2.05, 4.69) is 0 Å². The van der Waals surface area contributed by atoms with Gasteiger partial charge in [-0.25, -0.2) is 4.79 Å². The molecule has 3 heteroatoms. The summed E-state index contributed by atoms with van der Waals surface area (Å²) in [7, 11) is 0. The third kappa shape index (κ3) is 1.98. The predicted octanol–water partition coefficient (Wildman–Crippen LogP) is 3.57. The molecule has 3 aromatic rings. The van der Waals surface area contributed by atoms with Crippen LogP contribution in [0.3, 0.4) is 0 Å². The monoisotopic (exact) mass is 238 g/mol. The molecule has 0 fully saturated rings. The SMILES string of the molecule is O=c1cc(-c2ccco2)cc(-c2ccccc2)o1. The van der Waals surface area contributed by atoms with Gasteiger partial charge in [0.25, 0.3) is 0 Å². The van der Waals surface area contributed by atoms with Crippen molar-refractivity contribution in [1.82, 2.24) is 0 Å². The Morgan fingerprint density at radius 3 is 2.33 bits per heavy atom. The first-order valence-corrected chi connectivity index (χ1v) is 5.57. The summed E-state index contributed by atoms with van der Waals surface area (Å²) in [6, 6.07) is 16.3. The first-order valence-electron chi connectivity index (χ1n) is 5.57. The van der Waals surface area contributed by atoms with Gasteiger partial charge >= 0.3 is 5.63 Å². The van der Waals surface area contributed by atoms with Crippen molar-refractivity contribution < 1.29 is 8.83 Å². The van der Waals surface area contributed by atoms with Crippen LogP contribution in [0, 0.1) is 0 Å². The molecular weight excluding hydrogens is 228 g/mol. The maximum Gasteiger partial charge on any atom is 0.336 e. The molecule has 3 nitrogen and oxygen atoms in total. The first-order chi connectivity index (χ1) is 8.83. The molecular formula is C15H10O3. The minimum absolute atomic E-state index is 0.386. The van der Waals surface area contributed by atoms with Gasteiger partial charge in [0, 0.05) is 17.2 Å². The van der Waals surface area contributed by atoms with Gasteiger partial charge in [0.1, 0.15) is 11.5 Å². The van der Waals surface area contributed by atoms with Crippen molar-refractivity contribution in [2.75, 3.05) is 0 Å². The third-order valence-corrected chi connectivity index (χ3v) is 2.63. The zero-order valence-corrected chi connectivity index (χ0v) is 9.50. The highest BCUT2D eigenvalue weighted by Gasteiger charge is 2.07. The minimum Gasteiger partial charge on any atom is -0.464 e. The van der Waals surface area contributed by atoms with Gasteiger partial charge in [0.2, 0.25) is 0 Å². The van der Waals surface area contributed by atoms with Crippen LogP contribution in [0.15, 0.2) is 74.5 Å². The van der Waals surface area contributed by atoms with Gasteiger partial charge in [0.05, 0.1) is 6.26 Å². The molecule has 1 aromatic carbocycles. The lowest BCUT2D eigenvalue weighted by Gasteiger charge is -2.01. The van der Waals surface area contributed by atoms with Crippen molar-refractivity contribution in [3.63, 3.8) is 0 Å². The van der Waals surface area contributed by atoms with Crippen molar-refractivity contribution in [2.45, 2.75) is 0 Å². The molecule has 0 aliphatic heterocycles. The summed E-state index contributed by atoms with van der Waals surface area (Å²) in [5, 5.41) is 0. The van der Waals surface area contributed by atoms with Crippen LogP contribution in [0.1, 0.15) is 0 Å². The summed E-state index contributed by atoms with van der Waals surface area (Å²) in [5.41, 5.74) is 1.20. The van der Waals surface area contributed by atoms with E-state index in [0.717, 1.165) is 11.1 Å². The molecule has 0 spiro atoms. The lowest BCUT2D eigenvalue weighted by atomic mass is 10.1. The normalized spacial score (nSPS) is 10.4. The Morgan fingerprint density at radius 2 is 1.61 bits per heavy atom. The molecule has 3 rings (SSSR count). The Kier molecular flexibility index (Phi) is 2.57. The molecule has 0 unspecified atom stereocenters. The van der Waals surface area contributed by atoms with Crippen LogP contribution in [0.5, 0.6) is 0 Å². The van der Waals surface area contributed by atoms with Crippen LogP contribution >= 0.6 is 0 Å². The van der Waals surface area contributed by atoms with Crippen molar-refractivity contribution in [2.24, 2.45) is 0 Å². The van der Waals surface area contributed by atoms with Gasteiger partial charge in [-0.05, 0) is 18.2 Å². The highest BCUT2D eigenvalue weighted by molar-refractivity contribution is 5.65. The summed E-state index contributed by atoms with van der Waals surface area (Å²) in [6.07, 6.45) is 1.58. The fourth-order valence-corrected chi connectivity index (χ4v) is 1.81. The molecule has 0 amide bonds. The minimum atomic E-state index is -0.386. The molecule has 2 aromatic heterocycles. The topological polar surface area (TPSA) is 43.4 Å². The molecule has 0 aliphatic carbocycles. The molecule has 0 aliphatic rings. The second-order valence-corrected chi connectivity index (χ2v) is 3.87. The second-order valence-electron chi connectivity index (χ2n) is 3.87. The van der Waals surface area contributed by atoms with Gasteiger partial charge in [-0.15, -0.1) is 0 Å².